The number of rotatable bonds is 3. The average molecular weight is 162 g/mol. The van der Waals surface area contributed by atoms with Crippen molar-refractivity contribution in [3.8, 4) is 11.5 Å². The van der Waals surface area contributed by atoms with E-state index in [-0.39, 0.29) is 0 Å². The van der Waals surface area contributed by atoms with Crippen LogP contribution in [-0.4, -0.2) is 7.11 Å². The first-order valence-corrected chi connectivity index (χ1v) is 3.52. The molecule has 1 aromatic carbocycles. The molecule has 12 heavy (non-hydrogen) atoms. The third kappa shape index (κ3) is 2.19. The van der Waals surface area contributed by atoms with E-state index in [0.29, 0.717) is 0 Å². The molecule has 0 saturated heterocycles. The lowest BCUT2D eigenvalue weighted by atomic mass is 10.3. The van der Waals surface area contributed by atoms with Gasteiger partial charge in [0.25, 0.3) is 0 Å². The van der Waals surface area contributed by atoms with E-state index in [2.05, 4.69) is 12.3 Å². The Morgan fingerprint density at radius 2 is 1.83 bits per heavy atom. The first kappa shape index (κ1) is 8.44. The maximum Gasteiger partial charge on any atom is 0.133 e. The Balaban J connectivity index is 2.70. The lowest BCUT2D eigenvalue weighted by molar-refractivity contribution is 0.413. The van der Waals surface area contributed by atoms with Gasteiger partial charge in [0.15, 0.2) is 0 Å². The van der Waals surface area contributed by atoms with Crippen LogP contribution in [0.25, 0.3) is 0 Å². The monoisotopic (exact) mass is 162 g/mol. The highest BCUT2D eigenvalue weighted by Crippen LogP contribution is 2.16. The molecule has 0 atom stereocenters. The molecule has 62 valence electrons. The predicted molar refractivity (Wildman–Crippen MR) is 47.3 cm³/mol. The van der Waals surface area contributed by atoms with E-state index in [1.165, 1.54) is 6.26 Å². The fourth-order valence-corrected chi connectivity index (χ4v) is 0.764. The van der Waals surface area contributed by atoms with Crippen LogP contribution in [0.1, 0.15) is 0 Å². The number of hydrogen-bond acceptors (Lipinski definition) is 2. The molecule has 2 heteroatoms. The Labute approximate surface area is 71.7 Å². The van der Waals surface area contributed by atoms with E-state index in [4.69, 9.17) is 9.47 Å². The van der Waals surface area contributed by atoms with Gasteiger partial charge in [0.05, 0.1) is 7.11 Å². The molecule has 0 aromatic heterocycles. The van der Waals surface area contributed by atoms with Crippen LogP contribution in [0.2, 0.25) is 0 Å². The van der Waals surface area contributed by atoms with Crippen LogP contribution in [0.3, 0.4) is 0 Å². The molecule has 1 aromatic rings. The van der Waals surface area contributed by atoms with E-state index in [1.807, 2.05) is 24.3 Å². The second kappa shape index (κ2) is 4.27. The third-order valence-electron chi connectivity index (χ3n) is 1.34. The lowest BCUT2D eigenvalue weighted by Crippen LogP contribution is -1.83. The fraction of sp³-hybridized carbons (Fsp3) is 0.100. The van der Waals surface area contributed by atoms with Gasteiger partial charge in [-0.05, 0) is 24.3 Å². The van der Waals surface area contributed by atoms with Crippen molar-refractivity contribution >= 4 is 0 Å². The highest BCUT2D eigenvalue weighted by atomic mass is 16.5. The fourth-order valence-electron chi connectivity index (χ4n) is 0.764. The van der Waals surface area contributed by atoms with Crippen molar-refractivity contribution in [2.24, 2.45) is 0 Å². The minimum absolute atomic E-state index is 0.743. The van der Waals surface area contributed by atoms with Gasteiger partial charge in [-0.3, -0.25) is 0 Å². The number of ether oxygens (including phenoxy) is 2. The summed E-state index contributed by atoms with van der Waals surface area (Å²) in [5.74, 6) is 1.55. The van der Waals surface area contributed by atoms with Gasteiger partial charge in [-0.15, -0.1) is 0 Å². The minimum Gasteiger partial charge on any atom is -0.497 e. The summed E-state index contributed by atoms with van der Waals surface area (Å²) in [5.41, 5.74) is 2.52. The summed E-state index contributed by atoms with van der Waals surface area (Å²) in [6.07, 6.45) is 1.40. The van der Waals surface area contributed by atoms with Gasteiger partial charge in [0, 0.05) is 0 Å². The lowest BCUT2D eigenvalue weighted by Gasteiger charge is -2.00. The number of benzene rings is 1. The summed E-state index contributed by atoms with van der Waals surface area (Å²) in [4.78, 5) is 0. The van der Waals surface area contributed by atoms with Gasteiger partial charge in [-0.2, -0.15) is 0 Å². The molecule has 0 aliphatic heterocycles. The van der Waals surface area contributed by atoms with E-state index in [9.17, 15) is 0 Å². The zero-order valence-electron chi connectivity index (χ0n) is 6.91. The van der Waals surface area contributed by atoms with Gasteiger partial charge in [-0.1, -0.05) is 12.3 Å². The number of hydrogen-bond donors (Lipinski definition) is 0. The summed E-state index contributed by atoms with van der Waals surface area (Å²) >= 11 is 0. The molecule has 0 bridgehead atoms. The highest BCUT2D eigenvalue weighted by Gasteiger charge is 1.91. The number of methoxy groups -OCH3 is 1. The summed E-state index contributed by atoms with van der Waals surface area (Å²) < 4.78 is 10.1. The molecule has 0 aliphatic carbocycles. The van der Waals surface area contributed by atoms with Crippen molar-refractivity contribution < 1.29 is 9.47 Å². The predicted octanol–water partition coefficient (Wildman–Crippen LogP) is 2.37. The summed E-state index contributed by atoms with van der Waals surface area (Å²) in [6, 6.07) is 7.28. The van der Waals surface area contributed by atoms with E-state index in [0.717, 1.165) is 11.5 Å². The van der Waals surface area contributed by atoms with Crippen LogP contribution in [0, 0.1) is 0 Å². The minimum atomic E-state index is 0.743. The Kier molecular flexibility index (Phi) is 3.00. The van der Waals surface area contributed by atoms with Crippen molar-refractivity contribution in [2.75, 3.05) is 7.11 Å². The van der Waals surface area contributed by atoms with E-state index >= 15 is 0 Å². The van der Waals surface area contributed by atoms with Crippen molar-refractivity contribution in [3.63, 3.8) is 0 Å². The van der Waals surface area contributed by atoms with Gasteiger partial charge in [0.2, 0.25) is 0 Å². The first-order valence-electron chi connectivity index (χ1n) is 3.52. The van der Waals surface area contributed by atoms with Crippen LogP contribution in [0.15, 0.2) is 42.8 Å². The van der Waals surface area contributed by atoms with Crippen LogP contribution in [-0.2, 0) is 0 Å². The van der Waals surface area contributed by atoms with Crippen molar-refractivity contribution in [3.05, 3.63) is 42.8 Å². The van der Waals surface area contributed by atoms with Crippen LogP contribution in [0.4, 0.5) is 0 Å². The maximum absolute atomic E-state index is 5.10. The molecular formula is C10H10O2. The SMILES string of the molecule is C=C=COc1ccc(OC)cc1. The second-order valence-corrected chi connectivity index (χ2v) is 2.12. The average Bonchev–Trinajstić information content (AvgIpc) is 2.15. The molecule has 0 radical (unpaired) electrons. The van der Waals surface area contributed by atoms with Gasteiger partial charge in [0.1, 0.15) is 17.8 Å². The smallest absolute Gasteiger partial charge is 0.133 e. The summed E-state index contributed by atoms with van der Waals surface area (Å²) in [5, 5.41) is 0. The Morgan fingerprint density at radius 1 is 1.25 bits per heavy atom. The van der Waals surface area contributed by atoms with Crippen LogP contribution in [0.5, 0.6) is 11.5 Å². The Morgan fingerprint density at radius 3 is 2.33 bits per heavy atom. The van der Waals surface area contributed by atoms with Crippen LogP contribution >= 0.6 is 0 Å². The Hall–Kier alpha value is -1.66. The molecular weight excluding hydrogens is 152 g/mol. The third-order valence-corrected chi connectivity index (χ3v) is 1.34. The Bertz CT molecular complexity index is 281. The molecule has 2 nitrogen and oxygen atoms in total. The first-order chi connectivity index (χ1) is 5.86. The zero-order chi connectivity index (χ0) is 8.81. The molecule has 0 saturated carbocycles. The second-order valence-electron chi connectivity index (χ2n) is 2.12. The summed E-state index contributed by atoms with van der Waals surface area (Å²) in [6.45, 7) is 3.38. The largest absolute Gasteiger partial charge is 0.497 e. The molecule has 1 rings (SSSR count). The van der Waals surface area contributed by atoms with E-state index < -0.39 is 0 Å². The highest BCUT2D eigenvalue weighted by molar-refractivity contribution is 5.31. The summed E-state index contributed by atoms with van der Waals surface area (Å²) in [7, 11) is 1.62. The quantitative estimate of drug-likeness (QED) is 0.501. The van der Waals surface area contributed by atoms with E-state index in [1.54, 1.807) is 7.11 Å². The zero-order valence-corrected chi connectivity index (χ0v) is 6.91. The van der Waals surface area contributed by atoms with Crippen LogP contribution < -0.4 is 9.47 Å². The molecule has 0 unspecified atom stereocenters. The maximum atomic E-state index is 5.10. The molecule has 0 N–H and O–H groups in total. The van der Waals surface area contributed by atoms with Crippen molar-refractivity contribution in [1.82, 2.24) is 0 Å². The normalized spacial score (nSPS) is 8.42. The van der Waals surface area contributed by atoms with Gasteiger partial charge < -0.3 is 9.47 Å². The molecule has 0 fully saturated rings. The van der Waals surface area contributed by atoms with Crippen molar-refractivity contribution in [1.29, 1.82) is 0 Å². The van der Waals surface area contributed by atoms with Crippen molar-refractivity contribution in [2.45, 2.75) is 0 Å². The van der Waals surface area contributed by atoms with Gasteiger partial charge in [-0.25, -0.2) is 0 Å². The standard InChI is InChI=1S/C10H10O2/c1-3-8-12-10-6-4-9(11-2)5-7-10/h4-8H,1H2,2H3. The topological polar surface area (TPSA) is 18.5 Å². The molecule has 0 spiro atoms. The van der Waals surface area contributed by atoms with Gasteiger partial charge >= 0.3 is 0 Å². The molecule has 0 aliphatic rings. The molecule has 0 amide bonds. The molecule has 0 heterocycles.